The summed E-state index contributed by atoms with van der Waals surface area (Å²) < 4.78 is 5.46. The molecule has 0 radical (unpaired) electrons. The molecular weight excluding hydrogens is 248 g/mol. The topological polar surface area (TPSA) is 48.1 Å². The predicted molar refractivity (Wildman–Crippen MR) is 84.3 cm³/mol. The van der Waals surface area contributed by atoms with Crippen LogP contribution in [-0.2, 0) is 6.42 Å². The second-order valence-corrected chi connectivity index (χ2v) is 6.28. The molecule has 0 bridgehead atoms. The Labute approximate surface area is 121 Å². The maximum atomic E-state index is 5.88. The Balaban J connectivity index is 2.68. The third kappa shape index (κ3) is 2.78. The number of nitrogens with two attached hydrogens (primary N) is 1. The number of hydrogen-bond acceptors (Lipinski definition) is 3. The van der Waals surface area contributed by atoms with Crippen LogP contribution in [-0.4, -0.2) is 18.6 Å². The minimum absolute atomic E-state index is 0.0822. The monoisotopic (exact) mass is 272 g/mol. The molecule has 2 rings (SSSR count). The van der Waals surface area contributed by atoms with Gasteiger partial charge in [-0.1, -0.05) is 19.9 Å². The van der Waals surface area contributed by atoms with Gasteiger partial charge in [0.25, 0.3) is 0 Å². The predicted octanol–water partition coefficient (Wildman–Crippen LogP) is 3.39. The van der Waals surface area contributed by atoms with Crippen molar-refractivity contribution in [1.29, 1.82) is 0 Å². The van der Waals surface area contributed by atoms with Crippen LogP contribution >= 0.6 is 0 Å². The molecule has 3 nitrogen and oxygen atoms in total. The Morgan fingerprint density at radius 2 is 1.95 bits per heavy atom. The molecule has 0 spiro atoms. The number of nitrogens with zero attached hydrogens (tertiary/aromatic N) is 1. The smallest absolute Gasteiger partial charge is 0.145 e. The first-order valence-corrected chi connectivity index (χ1v) is 7.02. The average molecular weight is 272 g/mol. The fraction of sp³-hybridized carbons (Fsp3) is 0.471. The van der Waals surface area contributed by atoms with Gasteiger partial charge in [0.05, 0.1) is 7.11 Å². The summed E-state index contributed by atoms with van der Waals surface area (Å²) in [6.07, 6.45) is 0.940. The van der Waals surface area contributed by atoms with Crippen LogP contribution in [0.2, 0.25) is 0 Å². The first kappa shape index (κ1) is 14.8. The second-order valence-electron chi connectivity index (χ2n) is 6.28. The van der Waals surface area contributed by atoms with Crippen molar-refractivity contribution in [3.63, 3.8) is 0 Å². The van der Waals surface area contributed by atoms with Crippen molar-refractivity contribution in [1.82, 2.24) is 4.98 Å². The number of aryl methyl sites for hydroxylation is 2. The summed E-state index contributed by atoms with van der Waals surface area (Å²) in [6.45, 7) is 9.21. The summed E-state index contributed by atoms with van der Waals surface area (Å²) >= 11 is 0. The van der Waals surface area contributed by atoms with Crippen molar-refractivity contribution in [2.45, 2.75) is 34.1 Å². The molecule has 2 aromatic rings. The molecule has 0 atom stereocenters. The summed E-state index contributed by atoms with van der Waals surface area (Å²) in [5.74, 6) is 0.834. The van der Waals surface area contributed by atoms with E-state index in [4.69, 9.17) is 10.5 Å². The van der Waals surface area contributed by atoms with Crippen LogP contribution in [0.25, 0.3) is 10.9 Å². The molecule has 1 aromatic heterocycles. The highest BCUT2D eigenvalue weighted by atomic mass is 16.5. The molecule has 0 aliphatic carbocycles. The van der Waals surface area contributed by atoms with Crippen LogP contribution in [0.3, 0.4) is 0 Å². The number of pyridine rings is 1. The van der Waals surface area contributed by atoms with E-state index in [2.05, 4.69) is 37.9 Å². The van der Waals surface area contributed by atoms with Gasteiger partial charge in [0.1, 0.15) is 11.3 Å². The largest absolute Gasteiger partial charge is 0.494 e. The molecule has 1 aromatic carbocycles. The molecule has 0 saturated carbocycles. The van der Waals surface area contributed by atoms with Crippen molar-refractivity contribution in [2.75, 3.05) is 13.7 Å². The van der Waals surface area contributed by atoms with E-state index in [1.807, 2.05) is 13.0 Å². The molecule has 20 heavy (non-hydrogen) atoms. The van der Waals surface area contributed by atoms with E-state index in [1.165, 1.54) is 16.5 Å². The number of benzene rings is 1. The fourth-order valence-corrected chi connectivity index (χ4v) is 2.66. The standard InChI is InChI=1S/C17H24N2O/c1-11-8-12(2)19-16-14(20-5)7-6-13(15(11)16)9-17(3,4)10-18/h6-8H,9-10,18H2,1-5H3. The van der Waals surface area contributed by atoms with E-state index in [-0.39, 0.29) is 5.41 Å². The van der Waals surface area contributed by atoms with Crippen LogP contribution in [0.1, 0.15) is 30.7 Å². The second kappa shape index (κ2) is 5.41. The lowest BCUT2D eigenvalue weighted by molar-refractivity contribution is 0.377. The molecule has 1 heterocycles. The Hall–Kier alpha value is -1.61. The Bertz CT molecular complexity index is 632. The van der Waals surface area contributed by atoms with Gasteiger partial charge in [-0.15, -0.1) is 0 Å². The van der Waals surface area contributed by atoms with E-state index in [0.29, 0.717) is 6.54 Å². The minimum Gasteiger partial charge on any atom is -0.494 e. The molecule has 2 N–H and O–H groups in total. The van der Waals surface area contributed by atoms with Gasteiger partial charge >= 0.3 is 0 Å². The summed E-state index contributed by atoms with van der Waals surface area (Å²) in [5.41, 5.74) is 10.5. The van der Waals surface area contributed by atoms with Gasteiger partial charge in [-0.05, 0) is 55.5 Å². The van der Waals surface area contributed by atoms with Gasteiger partial charge in [-0.25, -0.2) is 4.98 Å². The van der Waals surface area contributed by atoms with Crippen molar-refractivity contribution in [3.8, 4) is 5.75 Å². The highest BCUT2D eigenvalue weighted by Crippen LogP contribution is 2.33. The van der Waals surface area contributed by atoms with Crippen LogP contribution in [0.4, 0.5) is 0 Å². The summed E-state index contributed by atoms with van der Waals surface area (Å²) in [6, 6.07) is 6.28. The van der Waals surface area contributed by atoms with Crippen molar-refractivity contribution < 1.29 is 4.74 Å². The Morgan fingerprint density at radius 3 is 2.55 bits per heavy atom. The lowest BCUT2D eigenvalue weighted by atomic mass is 9.84. The zero-order valence-corrected chi connectivity index (χ0v) is 13.1. The maximum Gasteiger partial charge on any atom is 0.145 e. The third-order valence-electron chi connectivity index (χ3n) is 3.78. The average Bonchev–Trinajstić information content (AvgIpc) is 2.38. The van der Waals surface area contributed by atoms with Crippen molar-refractivity contribution in [3.05, 3.63) is 35.0 Å². The van der Waals surface area contributed by atoms with Gasteiger partial charge < -0.3 is 10.5 Å². The molecule has 3 heteroatoms. The lowest BCUT2D eigenvalue weighted by Crippen LogP contribution is -2.26. The van der Waals surface area contributed by atoms with Crippen LogP contribution in [0.15, 0.2) is 18.2 Å². The third-order valence-corrected chi connectivity index (χ3v) is 3.78. The van der Waals surface area contributed by atoms with Crippen LogP contribution in [0, 0.1) is 19.3 Å². The zero-order valence-electron chi connectivity index (χ0n) is 13.1. The summed E-state index contributed by atoms with van der Waals surface area (Å²) in [7, 11) is 1.69. The van der Waals surface area contributed by atoms with Gasteiger partial charge in [0.2, 0.25) is 0 Å². The Morgan fingerprint density at radius 1 is 1.25 bits per heavy atom. The molecule has 0 aliphatic rings. The van der Waals surface area contributed by atoms with Crippen molar-refractivity contribution in [2.24, 2.45) is 11.1 Å². The first-order chi connectivity index (χ1) is 9.38. The normalized spacial score (nSPS) is 11.9. The molecule has 0 amide bonds. The molecule has 0 aliphatic heterocycles. The van der Waals surface area contributed by atoms with E-state index in [0.717, 1.165) is 23.4 Å². The maximum absolute atomic E-state index is 5.88. The highest BCUT2D eigenvalue weighted by Gasteiger charge is 2.20. The lowest BCUT2D eigenvalue weighted by Gasteiger charge is -2.24. The highest BCUT2D eigenvalue weighted by molar-refractivity contribution is 5.90. The summed E-state index contributed by atoms with van der Waals surface area (Å²) in [5, 5.41) is 1.21. The summed E-state index contributed by atoms with van der Waals surface area (Å²) in [4.78, 5) is 4.67. The van der Waals surface area contributed by atoms with E-state index in [9.17, 15) is 0 Å². The molecule has 108 valence electrons. The van der Waals surface area contributed by atoms with Gasteiger partial charge in [-0.2, -0.15) is 0 Å². The van der Waals surface area contributed by atoms with Crippen LogP contribution < -0.4 is 10.5 Å². The van der Waals surface area contributed by atoms with Gasteiger partial charge in [0, 0.05) is 11.1 Å². The minimum atomic E-state index is 0.0822. The number of rotatable bonds is 4. The number of aromatic nitrogens is 1. The van der Waals surface area contributed by atoms with E-state index in [1.54, 1.807) is 7.11 Å². The number of fused-ring (bicyclic) bond motifs is 1. The van der Waals surface area contributed by atoms with Gasteiger partial charge in [0.15, 0.2) is 0 Å². The number of hydrogen-bond donors (Lipinski definition) is 1. The Kier molecular flexibility index (Phi) is 4.00. The number of ether oxygens (including phenoxy) is 1. The fourth-order valence-electron chi connectivity index (χ4n) is 2.66. The zero-order chi connectivity index (χ0) is 14.9. The molecule has 0 unspecified atom stereocenters. The first-order valence-electron chi connectivity index (χ1n) is 7.02. The molecule has 0 fully saturated rings. The van der Waals surface area contributed by atoms with E-state index >= 15 is 0 Å². The van der Waals surface area contributed by atoms with Crippen molar-refractivity contribution >= 4 is 10.9 Å². The van der Waals surface area contributed by atoms with Crippen LogP contribution in [0.5, 0.6) is 5.75 Å². The molecular formula is C17H24N2O. The number of methoxy groups -OCH3 is 1. The SMILES string of the molecule is COc1ccc(CC(C)(C)CN)c2c(C)cc(C)nc12. The quantitative estimate of drug-likeness (QED) is 0.928. The van der Waals surface area contributed by atoms with Gasteiger partial charge in [-0.3, -0.25) is 0 Å². The molecule has 0 saturated heterocycles. The van der Waals surface area contributed by atoms with E-state index < -0.39 is 0 Å².